The lowest BCUT2D eigenvalue weighted by atomic mass is 10.4. The van der Waals surface area contributed by atoms with Crippen molar-refractivity contribution in [3.8, 4) is 22.2 Å². The Balaban J connectivity index is 2.02. The van der Waals surface area contributed by atoms with Crippen molar-refractivity contribution in [3.63, 3.8) is 0 Å². The Labute approximate surface area is 89.2 Å². The van der Waals surface area contributed by atoms with Crippen LogP contribution in [-0.2, 0) is 0 Å². The molecule has 3 heterocycles. The van der Waals surface area contributed by atoms with Crippen LogP contribution in [0.5, 0.6) is 0 Å². The lowest BCUT2D eigenvalue weighted by molar-refractivity contribution is 0.555. The van der Waals surface area contributed by atoms with E-state index in [1.165, 1.54) is 12.7 Å². The van der Waals surface area contributed by atoms with E-state index in [-0.39, 0.29) is 0 Å². The van der Waals surface area contributed by atoms with Gasteiger partial charge in [-0.1, -0.05) is 6.07 Å². The second-order valence-corrected chi connectivity index (χ2v) is 3.83. The monoisotopic (exact) mass is 218 g/mol. The first-order chi connectivity index (χ1) is 7.43. The maximum absolute atomic E-state index is 5.55. The van der Waals surface area contributed by atoms with Gasteiger partial charge in [-0.25, -0.2) is 9.97 Å². The fourth-order valence-corrected chi connectivity index (χ4v) is 1.91. The van der Waals surface area contributed by atoms with Crippen LogP contribution < -0.4 is 0 Å². The SMILES string of the molecule is c1csc(-c2cnc(-c3cocn3)o2)c1. The summed E-state index contributed by atoms with van der Waals surface area (Å²) < 4.78 is 10.4. The highest BCUT2D eigenvalue weighted by Crippen LogP contribution is 2.28. The molecule has 3 rings (SSSR count). The van der Waals surface area contributed by atoms with Crippen LogP contribution in [0.3, 0.4) is 0 Å². The molecule has 0 unspecified atom stereocenters. The maximum atomic E-state index is 5.55. The summed E-state index contributed by atoms with van der Waals surface area (Å²) in [7, 11) is 0. The molecule has 0 aliphatic rings. The molecule has 5 heteroatoms. The second kappa shape index (κ2) is 3.36. The van der Waals surface area contributed by atoms with Gasteiger partial charge in [0.05, 0.1) is 11.1 Å². The molecule has 0 radical (unpaired) electrons. The van der Waals surface area contributed by atoms with Crippen molar-refractivity contribution in [2.45, 2.75) is 0 Å². The number of aromatic nitrogens is 2. The smallest absolute Gasteiger partial charge is 0.249 e. The van der Waals surface area contributed by atoms with Crippen molar-refractivity contribution >= 4 is 11.3 Å². The highest BCUT2D eigenvalue weighted by Gasteiger charge is 2.10. The Morgan fingerprint density at radius 2 is 2.27 bits per heavy atom. The minimum absolute atomic E-state index is 0.479. The average molecular weight is 218 g/mol. The summed E-state index contributed by atoms with van der Waals surface area (Å²) in [6, 6.07) is 3.95. The molecule has 3 aromatic heterocycles. The lowest BCUT2D eigenvalue weighted by Gasteiger charge is -1.87. The molecular weight excluding hydrogens is 212 g/mol. The van der Waals surface area contributed by atoms with E-state index in [9.17, 15) is 0 Å². The van der Waals surface area contributed by atoms with E-state index >= 15 is 0 Å². The van der Waals surface area contributed by atoms with Gasteiger partial charge in [0.25, 0.3) is 0 Å². The molecule has 0 aromatic carbocycles. The number of rotatable bonds is 2. The molecule has 3 aromatic rings. The van der Waals surface area contributed by atoms with Gasteiger partial charge in [-0.15, -0.1) is 11.3 Å². The van der Waals surface area contributed by atoms with Gasteiger partial charge < -0.3 is 8.83 Å². The first-order valence-corrected chi connectivity index (χ1v) is 5.20. The molecular formula is C10H6N2O2S. The Morgan fingerprint density at radius 3 is 3.00 bits per heavy atom. The van der Waals surface area contributed by atoms with Crippen molar-refractivity contribution < 1.29 is 8.83 Å². The summed E-state index contributed by atoms with van der Waals surface area (Å²) in [5.74, 6) is 1.23. The van der Waals surface area contributed by atoms with Crippen LogP contribution in [-0.4, -0.2) is 9.97 Å². The first kappa shape index (κ1) is 8.43. The quantitative estimate of drug-likeness (QED) is 0.663. The third kappa shape index (κ3) is 1.46. The van der Waals surface area contributed by atoms with Crippen LogP contribution in [0.15, 0.2) is 45.2 Å². The van der Waals surface area contributed by atoms with Crippen LogP contribution in [0.2, 0.25) is 0 Å². The molecule has 0 aliphatic heterocycles. The van der Waals surface area contributed by atoms with E-state index < -0.39 is 0 Å². The third-order valence-electron chi connectivity index (χ3n) is 1.92. The summed E-state index contributed by atoms with van der Waals surface area (Å²) >= 11 is 1.61. The number of hydrogen-bond acceptors (Lipinski definition) is 5. The summed E-state index contributed by atoms with van der Waals surface area (Å²) in [4.78, 5) is 9.15. The molecule has 0 amide bonds. The van der Waals surface area contributed by atoms with E-state index in [2.05, 4.69) is 9.97 Å². The lowest BCUT2D eigenvalue weighted by Crippen LogP contribution is -1.73. The molecule has 0 fully saturated rings. The zero-order valence-electron chi connectivity index (χ0n) is 7.58. The van der Waals surface area contributed by atoms with Gasteiger partial charge in [-0.3, -0.25) is 0 Å². The fraction of sp³-hybridized carbons (Fsp3) is 0. The molecule has 0 aliphatic carbocycles. The van der Waals surface area contributed by atoms with E-state index in [0.717, 1.165) is 10.6 Å². The van der Waals surface area contributed by atoms with Gasteiger partial charge in [0.15, 0.2) is 17.8 Å². The largest absolute Gasteiger partial charge is 0.451 e. The Bertz CT molecular complexity index is 491. The summed E-state index contributed by atoms with van der Waals surface area (Å²) in [6.45, 7) is 0. The average Bonchev–Trinajstić information content (AvgIpc) is 3.02. The predicted octanol–water partition coefficient (Wildman–Crippen LogP) is 3.06. The standard InChI is InChI=1S/C10H6N2O2S/c1-2-9(15-3-1)8-4-11-10(14-8)7-5-13-6-12-7/h1-6H. The summed E-state index contributed by atoms with van der Waals surface area (Å²) in [5, 5.41) is 1.99. The number of thiophene rings is 1. The molecule has 0 N–H and O–H groups in total. The molecule has 4 nitrogen and oxygen atoms in total. The van der Waals surface area contributed by atoms with Gasteiger partial charge in [0.1, 0.15) is 6.26 Å². The van der Waals surface area contributed by atoms with Crippen LogP contribution in [0.4, 0.5) is 0 Å². The van der Waals surface area contributed by atoms with Gasteiger partial charge in [0.2, 0.25) is 5.89 Å². The summed E-state index contributed by atoms with van der Waals surface area (Å²) in [6.07, 6.45) is 4.55. The van der Waals surface area contributed by atoms with Gasteiger partial charge >= 0.3 is 0 Å². The molecule has 15 heavy (non-hydrogen) atoms. The van der Waals surface area contributed by atoms with Crippen molar-refractivity contribution in [2.75, 3.05) is 0 Å². The van der Waals surface area contributed by atoms with Gasteiger partial charge in [-0.2, -0.15) is 0 Å². The highest BCUT2D eigenvalue weighted by molar-refractivity contribution is 7.13. The third-order valence-corrected chi connectivity index (χ3v) is 2.81. The maximum Gasteiger partial charge on any atom is 0.249 e. The van der Waals surface area contributed by atoms with Gasteiger partial charge in [0, 0.05) is 0 Å². The topological polar surface area (TPSA) is 52.1 Å². The van der Waals surface area contributed by atoms with Crippen molar-refractivity contribution in [2.24, 2.45) is 0 Å². The molecule has 0 saturated carbocycles. The van der Waals surface area contributed by atoms with Crippen LogP contribution >= 0.6 is 11.3 Å². The van der Waals surface area contributed by atoms with Crippen molar-refractivity contribution in [1.82, 2.24) is 9.97 Å². The Hall–Kier alpha value is -1.88. The van der Waals surface area contributed by atoms with Crippen LogP contribution in [0.1, 0.15) is 0 Å². The predicted molar refractivity (Wildman–Crippen MR) is 55.3 cm³/mol. The van der Waals surface area contributed by atoms with Gasteiger partial charge in [-0.05, 0) is 11.4 Å². The number of hydrogen-bond donors (Lipinski definition) is 0. The van der Waals surface area contributed by atoms with E-state index in [4.69, 9.17) is 8.83 Å². The highest BCUT2D eigenvalue weighted by atomic mass is 32.1. The summed E-state index contributed by atoms with van der Waals surface area (Å²) in [5.41, 5.74) is 0.609. The zero-order valence-corrected chi connectivity index (χ0v) is 8.40. The van der Waals surface area contributed by atoms with Crippen LogP contribution in [0.25, 0.3) is 22.2 Å². The number of oxazole rings is 2. The van der Waals surface area contributed by atoms with Crippen molar-refractivity contribution in [3.05, 3.63) is 36.4 Å². The van der Waals surface area contributed by atoms with E-state index in [1.54, 1.807) is 17.5 Å². The molecule has 0 atom stereocenters. The minimum atomic E-state index is 0.479. The van der Waals surface area contributed by atoms with Crippen molar-refractivity contribution in [1.29, 1.82) is 0 Å². The normalized spacial score (nSPS) is 10.7. The molecule has 0 bridgehead atoms. The molecule has 0 saturated heterocycles. The molecule has 0 spiro atoms. The Morgan fingerprint density at radius 1 is 1.27 bits per heavy atom. The zero-order chi connectivity index (χ0) is 10.1. The van der Waals surface area contributed by atoms with Crippen LogP contribution in [0, 0.1) is 0 Å². The Kier molecular flexibility index (Phi) is 1.89. The van der Waals surface area contributed by atoms with E-state index in [1.807, 2.05) is 17.5 Å². The second-order valence-electron chi connectivity index (χ2n) is 2.88. The van der Waals surface area contributed by atoms with E-state index in [0.29, 0.717) is 11.6 Å². The number of nitrogens with zero attached hydrogens (tertiary/aromatic N) is 2. The molecule has 74 valence electrons. The minimum Gasteiger partial charge on any atom is -0.451 e. The first-order valence-electron chi connectivity index (χ1n) is 4.32. The fourth-order valence-electron chi connectivity index (χ4n) is 1.24.